The Balaban J connectivity index is 0.000000164. The van der Waals surface area contributed by atoms with Crippen LogP contribution in [0.5, 0.6) is 11.5 Å². The molecule has 0 fully saturated rings. The lowest BCUT2D eigenvalue weighted by Crippen LogP contribution is -2.24. The Morgan fingerprint density at radius 1 is 0.886 bits per heavy atom. The highest BCUT2D eigenvalue weighted by Crippen LogP contribution is 2.44. The first kappa shape index (κ1) is 26.3. The zero-order valence-corrected chi connectivity index (χ0v) is 23.2. The molecule has 0 radical (unpaired) electrons. The lowest BCUT2D eigenvalue weighted by molar-refractivity contribution is -0.120. The Hall–Kier alpha value is -1.80. The van der Waals surface area contributed by atoms with Crippen LogP contribution in [0.3, 0.4) is 0 Å². The van der Waals surface area contributed by atoms with Crippen LogP contribution in [-0.4, -0.2) is 32.2 Å². The number of nitrogens with two attached hydrogens (primary N) is 1. The second-order valence-electron chi connectivity index (χ2n) is 9.97. The average molecular weight is 591 g/mol. The minimum atomic E-state index is 0. The normalized spacial score (nSPS) is 20.3. The second kappa shape index (κ2) is 12.0. The number of fused-ring (bicyclic) bond motifs is 6. The molecule has 2 aromatic carbocycles. The summed E-state index contributed by atoms with van der Waals surface area (Å²) in [7, 11) is 0. The van der Waals surface area contributed by atoms with Gasteiger partial charge >= 0.3 is 0 Å². The number of rotatable bonds is 6. The summed E-state index contributed by atoms with van der Waals surface area (Å²) < 4.78 is 11.3. The summed E-state index contributed by atoms with van der Waals surface area (Å²) in [4.78, 5) is 11.3. The van der Waals surface area contributed by atoms with Gasteiger partial charge in [-0.15, -0.1) is 24.0 Å². The highest BCUT2D eigenvalue weighted by Gasteiger charge is 2.30. The Morgan fingerprint density at radius 3 is 1.94 bits per heavy atom. The maximum Gasteiger partial charge on any atom is 0.219 e. The minimum absolute atomic E-state index is 0. The SMILES string of the molecule is CCC(=O)NCC[C@@H]1CCc2ccc3c(c21)CCO3.I.NCC[C@@H]1CCc2ccc3c(c21)CCO3. The molecule has 0 saturated heterocycles. The summed E-state index contributed by atoms with van der Waals surface area (Å²) in [6, 6.07) is 8.74. The van der Waals surface area contributed by atoms with E-state index in [1.54, 1.807) is 5.56 Å². The zero-order chi connectivity index (χ0) is 23.5. The molecule has 1 amide bonds. The van der Waals surface area contributed by atoms with Gasteiger partial charge in [0.05, 0.1) is 13.2 Å². The molecule has 6 heteroatoms. The molecule has 2 heterocycles. The van der Waals surface area contributed by atoms with Gasteiger partial charge in [0, 0.05) is 36.9 Å². The fourth-order valence-corrected chi connectivity index (χ4v) is 6.39. The Bertz CT molecular complexity index is 1050. The summed E-state index contributed by atoms with van der Waals surface area (Å²) in [5.74, 6) is 3.66. The van der Waals surface area contributed by atoms with Crippen molar-refractivity contribution < 1.29 is 14.3 Å². The van der Waals surface area contributed by atoms with Gasteiger partial charge in [0.2, 0.25) is 5.91 Å². The zero-order valence-electron chi connectivity index (χ0n) is 20.9. The van der Waals surface area contributed by atoms with Gasteiger partial charge in [-0.05, 0) is 91.3 Å². The van der Waals surface area contributed by atoms with E-state index in [0.29, 0.717) is 18.3 Å². The first-order valence-corrected chi connectivity index (χ1v) is 13.2. The van der Waals surface area contributed by atoms with Gasteiger partial charge in [-0.2, -0.15) is 0 Å². The molecule has 6 rings (SSSR count). The number of ether oxygens (including phenoxy) is 2. The van der Waals surface area contributed by atoms with Crippen LogP contribution >= 0.6 is 24.0 Å². The molecule has 190 valence electrons. The van der Waals surface area contributed by atoms with Crippen molar-refractivity contribution in [2.24, 2.45) is 5.73 Å². The third-order valence-electron chi connectivity index (χ3n) is 8.02. The standard InChI is InChI=1S/C16H21NO2.C13H17NO.HI/c1-2-15(18)17-9-7-12-4-3-11-5-6-14-13(16(11)12)8-10-19-14;14-7-5-10-2-1-9-3-4-12-11(13(9)10)6-8-15-12;/h5-6,12H,2-4,7-10H2,1H3,(H,17,18);3-4,10H,1-2,5-8,14H2;1H/t12-;10-;/m00./s1. The third-order valence-corrected chi connectivity index (χ3v) is 8.02. The Morgan fingerprint density at radius 2 is 1.43 bits per heavy atom. The molecule has 35 heavy (non-hydrogen) atoms. The number of nitrogens with one attached hydrogen (secondary N) is 1. The van der Waals surface area contributed by atoms with Crippen molar-refractivity contribution in [2.45, 2.75) is 76.5 Å². The molecule has 2 aliphatic heterocycles. The Labute approximate surface area is 226 Å². The van der Waals surface area contributed by atoms with Gasteiger partial charge in [0.15, 0.2) is 0 Å². The number of hydrogen-bond donors (Lipinski definition) is 2. The van der Waals surface area contributed by atoms with Crippen molar-refractivity contribution in [2.75, 3.05) is 26.3 Å². The fourth-order valence-electron chi connectivity index (χ4n) is 6.39. The van der Waals surface area contributed by atoms with Gasteiger partial charge in [0.1, 0.15) is 11.5 Å². The smallest absolute Gasteiger partial charge is 0.219 e. The van der Waals surface area contributed by atoms with Crippen LogP contribution in [0.1, 0.15) is 84.2 Å². The number of benzene rings is 2. The number of aryl methyl sites for hydroxylation is 2. The summed E-state index contributed by atoms with van der Waals surface area (Å²) in [6.07, 6.45) is 9.80. The van der Waals surface area contributed by atoms with Crippen LogP contribution in [-0.2, 0) is 30.5 Å². The fraction of sp³-hybridized carbons (Fsp3) is 0.552. The van der Waals surface area contributed by atoms with Crippen molar-refractivity contribution >= 4 is 29.9 Å². The first-order chi connectivity index (χ1) is 16.7. The van der Waals surface area contributed by atoms with Gasteiger partial charge in [-0.1, -0.05) is 19.1 Å². The van der Waals surface area contributed by atoms with Crippen molar-refractivity contribution in [3.8, 4) is 11.5 Å². The van der Waals surface area contributed by atoms with E-state index >= 15 is 0 Å². The van der Waals surface area contributed by atoms with Crippen molar-refractivity contribution in [1.82, 2.24) is 5.32 Å². The van der Waals surface area contributed by atoms with Gasteiger partial charge in [-0.3, -0.25) is 4.79 Å². The molecule has 5 nitrogen and oxygen atoms in total. The van der Waals surface area contributed by atoms with Crippen LogP contribution in [0.15, 0.2) is 24.3 Å². The molecular formula is C29H39IN2O3. The topological polar surface area (TPSA) is 73.6 Å². The van der Waals surface area contributed by atoms with Crippen LogP contribution in [0.2, 0.25) is 0 Å². The predicted octanol–water partition coefficient (Wildman–Crippen LogP) is 5.19. The maximum atomic E-state index is 11.3. The third kappa shape index (κ3) is 5.48. The van der Waals surface area contributed by atoms with E-state index in [1.807, 2.05) is 6.92 Å². The molecule has 0 bridgehead atoms. The molecule has 0 unspecified atom stereocenters. The van der Waals surface area contributed by atoms with Gasteiger partial charge < -0.3 is 20.5 Å². The van der Waals surface area contributed by atoms with Crippen LogP contribution in [0.4, 0.5) is 0 Å². The van der Waals surface area contributed by atoms with Crippen molar-refractivity contribution in [1.29, 1.82) is 0 Å². The maximum absolute atomic E-state index is 11.3. The average Bonchev–Trinajstić information content (AvgIpc) is 3.64. The predicted molar refractivity (Wildman–Crippen MR) is 150 cm³/mol. The Kier molecular flexibility index (Phi) is 8.97. The summed E-state index contributed by atoms with van der Waals surface area (Å²) in [5, 5.41) is 2.99. The van der Waals surface area contributed by atoms with E-state index in [0.717, 1.165) is 63.5 Å². The summed E-state index contributed by atoms with van der Waals surface area (Å²) in [6.45, 7) is 5.17. The van der Waals surface area contributed by atoms with Gasteiger partial charge in [0.25, 0.3) is 0 Å². The van der Waals surface area contributed by atoms with E-state index < -0.39 is 0 Å². The van der Waals surface area contributed by atoms with Crippen LogP contribution in [0, 0.1) is 0 Å². The lowest BCUT2D eigenvalue weighted by Gasteiger charge is -2.15. The number of carbonyl (C=O) groups is 1. The second-order valence-corrected chi connectivity index (χ2v) is 9.97. The molecule has 0 aromatic heterocycles. The molecule has 4 aliphatic rings. The summed E-state index contributed by atoms with van der Waals surface area (Å²) >= 11 is 0. The highest BCUT2D eigenvalue weighted by molar-refractivity contribution is 14.0. The number of halogens is 1. The summed E-state index contributed by atoms with van der Waals surface area (Å²) in [5.41, 5.74) is 14.7. The van der Waals surface area contributed by atoms with E-state index in [-0.39, 0.29) is 29.9 Å². The molecular weight excluding hydrogens is 551 g/mol. The quantitative estimate of drug-likeness (QED) is 0.455. The monoisotopic (exact) mass is 590 g/mol. The molecule has 2 atom stereocenters. The minimum Gasteiger partial charge on any atom is -0.493 e. The molecule has 0 spiro atoms. The first-order valence-electron chi connectivity index (χ1n) is 13.2. The molecule has 3 N–H and O–H groups in total. The van der Waals surface area contributed by atoms with E-state index in [9.17, 15) is 4.79 Å². The number of amides is 1. The largest absolute Gasteiger partial charge is 0.493 e. The number of hydrogen-bond acceptors (Lipinski definition) is 4. The van der Waals surface area contributed by atoms with Crippen LogP contribution in [0.25, 0.3) is 0 Å². The van der Waals surface area contributed by atoms with E-state index in [1.165, 1.54) is 53.5 Å². The molecule has 2 aliphatic carbocycles. The highest BCUT2D eigenvalue weighted by atomic mass is 127. The van der Waals surface area contributed by atoms with Crippen molar-refractivity contribution in [3.63, 3.8) is 0 Å². The van der Waals surface area contributed by atoms with Crippen LogP contribution < -0.4 is 20.5 Å². The van der Waals surface area contributed by atoms with Gasteiger partial charge in [-0.25, -0.2) is 0 Å². The molecule has 2 aromatic rings. The lowest BCUT2D eigenvalue weighted by atomic mass is 9.92. The number of carbonyl (C=O) groups excluding carboxylic acids is 1. The van der Waals surface area contributed by atoms with Crippen molar-refractivity contribution in [3.05, 3.63) is 57.6 Å². The van der Waals surface area contributed by atoms with E-state index in [2.05, 4.69) is 29.6 Å². The van der Waals surface area contributed by atoms with E-state index in [4.69, 9.17) is 15.2 Å². The molecule has 0 saturated carbocycles.